The van der Waals surface area contributed by atoms with Gasteiger partial charge >= 0.3 is 0 Å². The number of hydrogen-bond donors (Lipinski definition) is 2. The maximum atomic E-state index is 8.92. The molecule has 0 spiro atoms. The van der Waals surface area contributed by atoms with Crippen LogP contribution in [-0.2, 0) is 0 Å². The molecule has 5 nitrogen and oxygen atoms in total. The second-order valence-electron chi connectivity index (χ2n) is 5.06. The van der Waals surface area contributed by atoms with E-state index in [0.29, 0.717) is 18.7 Å². The molecule has 1 aromatic heterocycles. The van der Waals surface area contributed by atoms with Crippen LogP contribution >= 0.6 is 0 Å². The lowest BCUT2D eigenvalue weighted by atomic mass is 10.1. The van der Waals surface area contributed by atoms with Gasteiger partial charge in [-0.15, -0.1) is 0 Å². The van der Waals surface area contributed by atoms with Gasteiger partial charge in [-0.05, 0) is 29.8 Å². The molecule has 0 saturated carbocycles. The number of nitriles is 1. The van der Waals surface area contributed by atoms with E-state index in [9.17, 15) is 0 Å². The van der Waals surface area contributed by atoms with Gasteiger partial charge in [0.2, 0.25) is 0 Å². The first-order valence-corrected chi connectivity index (χ1v) is 7.41. The number of hydrogen-bond acceptors (Lipinski definition) is 5. The Morgan fingerprint density at radius 1 is 1.26 bits per heavy atom. The maximum absolute atomic E-state index is 8.92. The van der Waals surface area contributed by atoms with E-state index in [1.807, 2.05) is 48.4 Å². The first-order chi connectivity index (χ1) is 11.2. The monoisotopic (exact) mass is 308 g/mol. The summed E-state index contributed by atoms with van der Waals surface area (Å²) in [5.41, 5.74) is 2.69. The molecule has 2 aromatic rings. The van der Waals surface area contributed by atoms with E-state index in [1.54, 1.807) is 18.3 Å². The molecule has 23 heavy (non-hydrogen) atoms. The number of aromatic nitrogens is 1. The lowest BCUT2D eigenvalue weighted by Crippen LogP contribution is -2.21. The molecule has 1 aromatic carbocycles. The van der Waals surface area contributed by atoms with Crippen molar-refractivity contribution in [2.75, 3.05) is 37.0 Å². The predicted octanol–water partition coefficient (Wildman–Crippen LogP) is 2.51. The highest BCUT2D eigenvalue weighted by atomic mass is 16.3. The maximum Gasteiger partial charge on any atom is 0.126 e. The highest BCUT2D eigenvalue weighted by molar-refractivity contribution is 5.53. The largest absolute Gasteiger partial charge is 0.395 e. The van der Waals surface area contributed by atoms with Gasteiger partial charge in [0.1, 0.15) is 5.82 Å². The molecular formula is C18H20N4O. The molecule has 0 amide bonds. The summed E-state index contributed by atoms with van der Waals surface area (Å²) in [6.07, 6.45) is 5.79. The minimum Gasteiger partial charge on any atom is -0.395 e. The number of aliphatic hydroxyl groups is 1. The molecule has 0 atom stereocenters. The minimum absolute atomic E-state index is 0.122. The van der Waals surface area contributed by atoms with E-state index in [2.05, 4.69) is 16.4 Å². The zero-order chi connectivity index (χ0) is 16.5. The van der Waals surface area contributed by atoms with E-state index in [1.165, 1.54) is 0 Å². The Morgan fingerprint density at radius 2 is 2.04 bits per heavy atom. The Balaban J connectivity index is 1.83. The Morgan fingerprint density at radius 3 is 2.65 bits per heavy atom. The average molecular weight is 308 g/mol. The molecule has 2 rings (SSSR count). The zero-order valence-electron chi connectivity index (χ0n) is 13.1. The van der Waals surface area contributed by atoms with Crippen LogP contribution in [0.15, 0.2) is 48.7 Å². The summed E-state index contributed by atoms with van der Waals surface area (Å²) >= 11 is 0. The SMILES string of the molecule is CN(CCO)c1ccc(NC/C=C/c2ccc(C#N)cc2)nc1. The smallest absolute Gasteiger partial charge is 0.126 e. The van der Waals surface area contributed by atoms with Gasteiger partial charge in [0.25, 0.3) is 0 Å². The average Bonchev–Trinajstić information content (AvgIpc) is 2.60. The van der Waals surface area contributed by atoms with Gasteiger partial charge in [0.05, 0.1) is 30.1 Å². The van der Waals surface area contributed by atoms with Crippen molar-refractivity contribution in [2.24, 2.45) is 0 Å². The third kappa shape index (κ3) is 5.13. The summed E-state index contributed by atoms with van der Waals surface area (Å²) in [6.45, 7) is 1.37. The van der Waals surface area contributed by atoms with Gasteiger partial charge in [-0.1, -0.05) is 24.3 Å². The normalized spacial score (nSPS) is 10.5. The molecule has 118 valence electrons. The molecule has 5 heteroatoms. The van der Waals surface area contributed by atoms with Gasteiger partial charge in [-0.2, -0.15) is 5.26 Å². The summed E-state index contributed by atoms with van der Waals surface area (Å²) in [7, 11) is 1.92. The van der Waals surface area contributed by atoms with Crippen LogP contribution in [0.5, 0.6) is 0 Å². The van der Waals surface area contributed by atoms with E-state index in [-0.39, 0.29) is 6.61 Å². The highest BCUT2D eigenvalue weighted by Gasteiger charge is 2.00. The quantitative estimate of drug-likeness (QED) is 0.822. The molecule has 0 aliphatic carbocycles. The third-order valence-electron chi connectivity index (χ3n) is 3.38. The highest BCUT2D eigenvalue weighted by Crippen LogP contribution is 2.13. The molecule has 1 heterocycles. The fraction of sp³-hybridized carbons (Fsp3) is 0.222. The van der Waals surface area contributed by atoms with E-state index in [4.69, 9.17) is 10.4 Å². The molecule has 0 radical (unpaired) electrons. The Kier molecular flexibility index (Phi) is 6.16. The Bertz CT molecular complexity index is 672. The number of anilines is 2. The van der Waals surface area contributed by atoms with Gasteiger partial charge in [-0.3, -0.25) is 0 Å². The van der Waals surface area contributed by atoms with Crippen LogP contribution in [0, 0.1) is 11.3 Å². The van der Waals surface area contributed by atoms with Crippen molar-refractivity contribution in [3.8, 4) is 6.07 Å². The van der Waals surface area contributed by atoms with E-state index < -0.39 is 0 Å². The standard InChI is InChI=1S/C18H20N4O/c1-22(11-12-23)17-8-9-18(21-14-17)20-10-2-3-15-4-6-16(13-19)7-5-15/h2-9,14,23H,10-12H2,1H3,(H,20,21)/b3-2+. The van der Waals surface area contributed by atoms with Crippen molar-refractivity contribution in [1.29, 1.82) is 5.26 Å². The van der Waals surface area contributed by atoms with Crippen LogP contribution in [0.3, 0.4) is 0 Å². The number of aliphatic hydroxyl groups excluding tert-OH is 1. The van der Waals surface area contributed by atoms with Crippen LogP contribution in [0.2, 0.25) is 0 Å². The van der Waals surface area contributed by atoms with Crippen LogP contribution in [0.4, 0.5) is 11.5 Å². The van der Waals surface area contributed by atoms with Crippen molar-refractivity contribution in [1.82, 2.24) is 4.98 Å². The van der Waals surface area contributed by atoms with Crippen molar-refractivity contribution in [3.05, 3.63) is 59.8 Å². The topological polar surface area (TPSA) is 72.2 Å². The van der Waals surface area contributed by atoms with Gasteiger partial charge in [0.15, 0.2) is 0 Å². The number of likely N-dealkylation sites (N-methyl/N-ethyl adjacent to an activating group) is 1. The van der Waals surface area contributed by atoms with Crippen molar-refractivity contribution in [3.63, 3.8) is 0 Å². The van der Waals surface area contributed by atoms with Gasteiger partial charge < -0.3 is 15.3 Å². The second-order valence-corrected chi connectivity index (χ2v) is 5.06. The van der Waals surface area contributed by atoms with E-state index in [0.717, 1.165) is 17.1 Å². The summed E-state index contributed by atoms with van der Waals surface area (Å²) in [5.74, 6) is 0.802. The summed E-state index contributed by atoms with van der Waals surface area (Å²) < 4.78 is 0. The molecule has 2 N–H and O–H groups in total. The Hall–Kier alpha value is -2.84. The zero-order valence-corrected chi connectivity index (χ0v) is 13.1. The lowest BCUT2D eigenvalue weighted by molar-refractivity contribution is 0.304. The fourth-order valence-corrected chi connectivity index (χ4v) is 2.02. The number of rotatable bonds is 7. The summed E-state index contributed by atoms with van der Waals surface area (Å²) in [5, 5.41) is 20.9. The number of nitrogens with one attached hydrogen (secondary N) is 1. The lowest BCUT2D eigenvalue weighted by Gasteiger charge is -2.17. The predicted molar refractivity (Wildman–Crippen MR) is 93.3 cm³/mol. The van der Waals surface area contributed by atoms with Crippen LogP contribution in [-0.4, -0.2) is 36.8 Å². The van der Waals surface area contributed by atoms with E-state index >= 15 is 0 Å². The summed E-state index contributed by atoms with van der Waals surface area (Å²) in [4.78, 5) is 6.29. The Labute approximate surface area is 136 Å². The molecule has 0 bridgehead atoms. The van der Waals surface area contributed by atoms with Crippen molar-refractivity contribution in [2.45, 2.75) is 0 Å². The number of nitrogens with zero attached hydrogens (tertiary/aromatic N) is 3. The molecular weight excluding hydrogens is 288 g/mol. The van der Waals surface area contributed by atoms with Crippen LogP contribution in [0.1, 0.15) is 11.1 Å². The molecule has 0 saturated heterocycles. The molecule has 0 fully saturated rings. The minimum atomic E-state index is 0.122. The summed E-state index contributed by atoms with van der Waals surface area (Å²) in [6, 6.07) is 13.4. The molecule has 0 aliphatic rings. The molecule has 0 unspecified atom stereocenters. The third-order valence-corrected chi connectivity index (χ3v) is 3.38. The van der Waals surface area contributed by atoms with Gasteiger partial charge in [0, 0.05) is 20.1 Å². The number of benzene rings is 1. The van der Waals surface area contributed by atoms with Crippen LogP contribution in [0.25, 0.3) is 6.08 Å². The first kappa shape index (κ1) is 16.5. The van der Waals surface area contributed by atoms with Crippen LogP contribution < -0.4 is 10.2 Å². The van der Waals surface area contributed by atoms with Crippen molar-refractivity contribution >= 4 is 17.6 Å². The second kappa shape index (κ2) is 8.57. The van der Waals surface area contributed by atoms with Gasteiger partial charge in [-0.25, -0.2) is 4.98 Å². The molecule has 0 aliphatic heterocycles. The first-order valence-electron chi connectivity index (χ1n) is 7.41. The number of pyridine rings is 1. The fourth-order valence-electron chi connectivity index (χ4n) is 2.02. The van der Waals surface area contributed by atoms with Crippen molar-refractivity contribution < 1.29 is 5.11 Å².